The van der Waals surface area contributed by atoms with Crippen LogP contribution in [0.5, 0.6) is 0 Å². The Morgan fingerprint density at radius 3 is 2.64 bits per heavy atom. The Morgan fingerprint density at radius 1 is 1.32 bits per heavy atom. The van der Waals surface area contributed by atoms with Crippen LogP contribution in [-0.4, -0.2) is 27.0 Å². The number of nitrogens with one attached hydrogen (secondary N) is 2. The van der Waals surface area contributed by atoms with Gasteiger partial charge in [0.25, 0.3) is 0 Å². The van der Waals surface area contributed by atoms with E-state index < -0.39 is 17.8 Å². The van der Waals surface area contributed by atoms with Crippen LogP contribution in [0.2, 0.25) is 0 Å². The number of fused-ring (bicyclic) bond motifs is 1. The van der Waals surface area contributed by atoms with Crippen molar-refractivity contribution in [3.8, 4) is 0 Å². The number of aromatic nitrogens is 2. The van der Waals surface area contributed by atoms with Crippen molar-refractivity contribution < 1.29 is 14.7 Å². The molecule has 1 aromatic carbocycles. The van der Waals surface area contributed by atoms with Crippen molar-refractivity contribution in [2.75, 3.05) is 0 Å². The van der Waals surface area contributed by atoms with Crippen LogP contribution in [0.3, 0.4) is 0 Å². The third-order valence-electron chi connectivity index (χ3n) is 4.11. The van der Waals surface area contributed by atoms with E-state index in [-0.39, 0.29) is 17.9 Å². The molecule has 6 nitrogen and oxygen atoms in total. The molecular formula is C16H19N3O3. The molecule has 1 saturated carbocycles. The van der Waals surface area contributed by atoms with Gasteiger partial charge >= 0.3 is 5.97 Å². The summed E-state index contributed by atoms with van der Waals surface area (Å²) in [6, 6.07) is 7.43. The van der Waals surface area contributed by atoms with Crippen molar-refractivity contribution in [2.24, 2.45) is 17.8 Å². The molecule has 22 heavy (non-hydrogen) atoms. The highest BCUT2D eigenvalue weighted by molar-refractivity contribution is 5.89. The largest absolute Gasteiger partial charge is 0.481 e. The number of aliphatic carboxylic acids is 1. The second kappa shape index (κ2) is 5.44. The zero-order valence-electron chi connectivity index (χ0n) is 12.5. The summed E-state index contributed by atoms with van der Waals surface area (Å²) in [6.45, 7) is 4.00. The standard InChI is InChI=1S/C16H19N3O3/c1-8(2)13(19-15(20)9-7-10(9)16(21)22)14-17-11-5-3-4-6-12(11)18-14/h3-6,8-10,13H,7H2,1-2H3,(H,17,18)(H,19,20)(H,21,22). The highest BCUT2D eigenvalue weighted by Gasteiger charge is 2.48. The average molecular weight is 301 g/mol. The van der Waals surface area contributed by atoms with Crippen molar-refractivity contribution >= 4 is 22.9 Å². The number of H-pyrrole nitrogens is 1. The first-order chi connectivity index (χ1) is 10.5. The molecule has 0 radical (unpaired) electrons. The first-order valence-electron chi connectivity index (χ1n) is 7.45. The molecule has 3 rings (SSSR count). The molecule has 2 aromatic rings. The van der Waals surface area contributed by atoms with Crippen LogP contribution >= 0.6 is 0 Å². The lowest BCUT2D eigenvalue weighted by molar-refractivity contribution is -0.140. The number of carboxylic acids is 1. The number of nitrogens with zero attached hydrogens (tertiary/aromatic N) is 1. The number of hydrogen-bond donors (Lipinski definition) is 3. The summed E-state index contributed by atoms with van der Waals surface area (Å²) >= 11 is 0. The second-order valence-corrected chi connectivity index (χ2v) is 6.16. The summed E-state index contributed by atoms with van der Waals surface area (Å²) in [4.78, 5) is 30.9. The lowest BCUT2D eigenvalue weighted by Crippen LogP contribution is -2.34. The van der Waals surface area contributed by atoms with Crippen LogP contribution in [0.15, 0.2) is 24.3 Å². The summed E-state index contributed by atoms with van der Waals surface area (Å²) in [6.07, 6.45) is 0.423. The molecule has 0 saturated heterocycles. The van der Waals surface area contributed by atoms with Crippen molar-refractivity contribution in [2.45, 2.75) is 26.3 Å². The fourth-order valence-electron chi connectivity index (χ4n) is 2.69. The Morgan fingerprint density at radius 2 is 2.05 bits per heavy atom. The maximum Gasteiger partial charge on any atom is 0.307 e. The molecule has 1 heterocycles. The van der Waals surface area contributed by atoms with Gasteiger partial charge in [-0.3, -0.25) is 9.59 Å². The summed E-state index contributed by atoms with van der Waals surface area (Å²) < 4.78 is 0. The minimum absolute atomic E-state index is 0.145. The molecule has 116 valence electrons. The Kier molecular flexibility index (Phi) is 3.60. The SMILES string of the molecule is CC(C)C(NC(=O)C1CC1C(=O)O)c1nc2ccccc2[nH]1. The second-order valence-electron chi connectivity index (χ2n) is 6.16. The molecule has 1 aliphatic carbocycles. The molecule has 0 aliphatic heterocycles. The molecule has 6 heteroatoms. The number of imidazole rings is 1. The lowest BCUT2D eigenvalue weighted by atomic mass is 10.0. The smallest absolute Gasteiger partial charge is 0.307 e. The highest BCUT2D eigenvalue weighted by atomic mass is 16.4. The van der Waals surface area contributed by atoms with Gasteiger partial charge < -0.3 is 15.4 Å². The Bertz CT molecular complexity index is 689. The van der Waals surface area contributed by atoms with Gasteiger partial charge in [0.05, 0.1) is 28.9 Å². The minimum atomic E-state index is -0.898. The number of carbonyl (C=O) groups excluding carboxylic acids is 1. The van der Waals surface area contributed by atoms with Gasteiger partial charge in [0.1, 0.15) is 5.82 Å². The predicted octanol–water partition coefficient (Wildman–Crippen LogP) is 2.10. The summed E-state index contributed by atoms with van der Waals surface area (Å²) in [5.41, 5.74) is 1.78. The van der Waals surface area contributed by atoms with E-state index in [9.17, 15) is 9.59 Å². The van der Waals surface area contributed by atoms with E-state index in [1.54, 1.807) is 0 Å². The number of carbonyl (C=O) groups is 2. The maximum atomic E-state index is 12.2. The maximum absolute atomic E-state index is 12.2. The molecule has 0 spiro atoms. The molecule has 1 aliphatic rings. The third-order valence-corrected chi connectivity index (χ3v) is 4.11. The highest BCUT2D eigenvalue weighted by Crippen LogP contribution is 2.39. The first kappa shape index (κ1) is 14.6. The molecule has 3 unspecified atom stereocenters. The number of benzene rings is 1. The Labute approximate surface area is 127 Å². The summed E-state index contributed by atoms with van der Waals surface area (Å²) in [5, 5.41) is 11.9. The van der Waals surface area contributed by atoms with Crippen molar-refractivity contribution in [1.29, 1.82) is 0 Å². The topological polar surface area (TPSA) is 95.1 Å². The molecular weight excluding hydrogens is 282 g/mol. The van der Waals surface area contributed by atoms with Gasteiger partial charge in [-0.1, -0.05) is 26.0 Å². The van der Waals surface area contributed by atoms with E-state index in [0.29, 0.717) is 12.2 Å². The zero-order chi connectivity index (χ0) is 15.9. The van der Waals surface area contributed by atoms with Crippen molar-refractivity contribution in [3.05, 3.63) is 30.1 Å². The van der Waals surface area contributed by atoms with Crippen LogP contribution in [0.25, 0.3) is 11.0 Å². The average Bonchev–Trinajstić information content (AvgIpc) is 3.17. The van der Waals surface area contributed by atoms with Crippen LogP contribution < -0.4 is 5.32 Å². The number of carboxylic acid groups (broad SMARTS) is 1. The Hall–Kier alpha value is -2.37. The minimum Gasteiger partial charge on any atom is -0.481 e. The van der Waals surface area contributed by atoms with Gasteiger partial charge in [-0.25, -0.2) is 4.98 Å². The molecule has 3 N–H and O–H groups in total. The van der Waals surface area contributed by atoms with Gasteiger partial charge in [-0.2, -0.15) is 0 Å². The first-order valence-corrected chi connectivity index (χ1v) is 7.45. The van der Waals surface area contributed by atoms with Gasteiger partial charge in [0.15, 0.2) is 0 Å². The summed E-state index contributed by atoms with van der Waals surface area (Å²) in [5.74, 6) is -1.20. The molecule has 1 fully saturated rings. The van der Waals surface area contributed by atoms with Crippen LogP contribution in [0.4, 0.5) is 0 Å². The number of aromatic amines is 1. The molecule has 0 bridgehead atoms. The number of para-hydroxylation sites is 2. The van der Waals surface area contributed by atoms with E-state index in [0.717, 1.165) is 11.0 Å². The number of amides is 1. The monoisotopic (exact) mass is 301 g/mol. The van der Waals surface area contributed by atoms with E-state index >= 15 is 0 Å². The number of hydrogen-bond acceptors (Lipinski definition) is 3. The normalized spacial score (nSPS) is 21.8. The molecule has 1 amide bonds. The zero-order valence-corrected chi connectivity index (χ0v) is 12.5. The van der Waals surface area contributed by atoms with Crippen LogP contribution in [0.1, 0.15) is 32.1 Å². The van der Waals surface area contributed by atoms with Crippen LogP contribution in [-0.2, 0) is 9.59 Å². The summed E-state index contributed by atoms with van der Waals surface area (Å²) in [7, 11) is 0. The lowest BCUT2D eigenvalue weighted by Gasteiger charge is -2.20. The third kappa shape index (κ3) is 2.68. The quantitative estimate of drug-likeness (QED) is 0.788. The van der Waals surface area contributed by atoms with Gasteiger partial charge in [-0.15, -0.1) is 0 Å². The van der Waals surface area contributed by atoms with Gasteiger partial charge in [0.2, 0.25) is 5.91 Å². The van der Waals surface area contributed by atoms with Gasteiger partial charge in [0, 0.05) is 0 Å². The van der Waals surface area contributed by atoms with E-state index in [2.05, 4.69) is 15.3 Å². The molecule has 1 aromatic heterocycles. The van der Waals surface area contributed by atoms with Gasteiger partial charge in [-0.05, 0) is 24.5 Å². The Balaban J connectivity index is 1.78. The number of rotatable bonds is 5. The van der Waals surface area contributed by atoms with E-state index in [1.165, 1.54) is 0 Å². The van der Waals surface area contributed by atoms with E-state index in [1.807, 2.05) is 38.1 Å². The van der Waals surface area contributed by atoms with E-state index in [4.69, 9.17) is 5.11 Å². The predicted molar refractivity (Wildman–Crippen MR) is 81.0 cm³/mol. The fraction of sp³-hybridized carbons (Fsp3) is 0.438. The van der Waals surface area contributed by atoms with Crippen molar-refractivity contribution in [1.82, 2.24) is 15.3 Å². The fourth-order valence-corrected chi connectivity index (χ4v) is 2.69. The van der Waals surface area contributed by atoms with Crippen LogP contribution in [0, 0.1) is 17.8 Å². The molecule has 3 atom stereocenters. The van der Waals surface area contributed by atoms with Crippen molar-refractivity contribution in [3.63, 3.8) is 0 Å².